The number of nitrogens with one attached hydrogen (secondary N) is 1. The molecule has 0 saturated carbocycles. The molecule has 9 nitrogen and oxygen atoms in total. The van der Waals surface area contributed by atoms with E-state index >= 15 is 0 Å². The smallest absolute Gasteiger partial charge is 0.318 e. The van der Waals surface area contributed by atoms with Gasteiger partial charge in [0.05, 0.1) is 6.54 Å². The molecular weight excluding hydrogens is 439 g/mol. The highest BCUT2D eigenvalue weighted by Gasteiger charge is 2.44. The van der Waals surface area contributed by atoms with Gasteiger partial charge >= 0.3 is 6.03 Å². The molecule has 2 aliphatic rings. The Kier molecular flexibility index (Phi) is 6.38. The number of nitrogens with zero attached hydrogens (tertiary/aromatic N) is 3. The van der Waals surface area contributed by atoms with Gasteiger partial charge in [-0.15, -0.1) is 0 Å². The predicted molar refractivity (Wildman–Crippen MR) is 114 cm³/mol. The Bertz CT molecular complexity index is 1170. The molecule has 2 N–H and O–H groups in total. The maximum Gasteiger partial charge on any atom is 0.328 e. The quantitative estimate of drug-likeness (QED) is 0.370. The molecule has 0 bridgehead atoms. The first kappa shape index (κ1) is 23.8. The lowest BCUT2D eigenvalue weighted by atomic mass is 10.1. The third-order valence-electron chi connectivity index (χ3n) is 5.95. The zero-order valence-electron chi connectivity index (χ0n) is 18.1. The summed E-state index contributed by atoms with van der Waals surface area (Å²) in [5, 5.41) is 8.90. The summed E-state index contributed by atoms with van der Waals surface area (Å²) >= 11 is 0. The fraction of sp³-hybridized carbons (Fsp3) is 0.524. The fourth-order valence-electron chi connectivity index (χ4n) is 3.70. The van der Waals surface area contributed by atoms with Crippen molar-refractivity contribution in [2.75, 3.05) is 32.9 Å². The number of amides is 2. The van der Waals surface area contributed by atoms with E-state index in [4.69, 9.17) is 5.21 Å². The maximum atomic E-state index is 14.4. The summed E-state index contributed by atoms with van der Waals surface area (Å²) < 4.78 is 38.0. The van der Waals surface area contributed by atoms with E-state index in [2.05, 4.69) is 23.7 Å². The number of alkyl halides is 1. The normalized spacial score (nSPS) is 22.4. The van der Waals surface area contributed by atoms with Crippen molar-refractivity contribution in [3.8, 4) is 23.7 Å². The van der Waals surface area contributed by atoms with Crippen LogP contribution < -0.4 is 5.48 Å². The number of aromatic nitrogens is 1. The van der Waals surface area contributed by atoms with Crippen LogP contribution in [0.5, 0.6) is 0 Å². The number of sulfone groups is 1. The molecule has 0 aromatic carbocycles. The third kappa shape index (κ3) is 4.65. The van der Waals surface area contributed by atoms with E-state index in [1.807, 2.05) is 11.9 Å². The third-order valence-corrected chi connectivity index (χ3v) is 7.98. The SMILES string of the molecule is CN1CC[C@@](F)(C#CC#Cc2cc3n(c2)C(=O)N(CCC(C)(C(=O)NO)S(C)(=O)=O)C3)C1. The first-order valence-electron chi connectivity index (χ1n) is 9.94. The Morgan fingerprint density at radius 2 is 2.12 bits per heavy atom. The fourth-order valence-corrected chi connectivity index (χ4v) is 4.55. The van der Waals surface area contributed by atoms with Gasteiger partial charge in [0.2, 0.25) is 0 Å². The Morgan fingerprint density at radius 1 is 1.41 bits per heavy atom. The van der Waals surface area contributed by atoms with E-state index in [1.54, 1.807) is 6.07 Å². The lowest BCUT2D eigenvalue weighted by molar-refractivity contribution is -0.131. The van der Waals surface area contributed by atoms with Crippen LogP contribution in [0.4, 0.5) is 9.18 Å². The number of rotatable bonds is 5. The molecule has 0 radical (unpaired) electrons. The molecule has 172 valence electrons. The molecule has 2 aliphatic heterocycles. The number of hydrogen-bond acceptors (Lipinski definition) is 6. The number of likely N-dealkylation sites (tertiary alicyclic amines) is 1. The van der Waals surface area contributed by atoms with Crippen LogP contribution in [0, 0.1) is 23.7 Å². The van der Waals surface area contributed by atoms with Crippen molar-refractivity contribution < 1.29 is 27.6 Å². The van der Waals surface area contributed by atoms with E-state index in [1.165, 1.54) is 28.1 Å². The standard InChI is InChI=1S/C21H25FN4O5S/c1-20(18(27)23-29,32(3,30)31)8-11-25-14-17-12-16(13-26(17)19(25)28)6-4-5-7-21(22)9-10-24(2)15-21/h12-13,29H,8-11,14-15H2,1-3H3,(H,23,27)/t20?,21-/m0/s1. The Morgan fingerprint density at radius 3 is 2.69 bits per heavy atom. The summed E-state index contributed by atoms with van der Waals surface area (Å²) in [4.78, 5) is 27.9. The van der Waals surface area contributed by atoms with Gasteiger partial charge in [-0.1, -0.05) is 5.92 Å². The van der Waals surface area contributed by atoms with Crippen molar-refractivity contribution in [1.82, 2.24) is 19.8 Å². The molecule has 2 atom stereocenters. The van der Waals surface area contributed by atoms with Crippen LogP contribution >= 0.6 is 0 Å². The van der Waals surface area contributed by atoms with Crippen LogP contribution in [-0.2, 0) is 21.2 Å². The van der Waals surface area contributed by atoms with Crippen molar-refractivity contribution in [1.29, 1.82) is 0 Å². The lowest BCUT2D eigenvalue weighted by Crippen LogP contribution is -2.50. The summed E-state index contributed by atoms with van der Waals surface area (Å²) in [6.07, 6.45) is 2.61. The van der Waals surface area contributed by atoms with E-state index in [-0.39, 0.29) is 32.1 Å². The van der Waals surface area contributed by atoms with Gasteiger partial charge in [-0.3, -0.25) is 14.6 Å². The summed E-state index contributed by atoms with van der Waals surface area (Å²) in [7, 11) is -2.02. The number of hydroxylamine groups is 1. The summed E-state index contributed by atoms with van der Waals surface area (Å²) in [6.45, 7) is 2.32. The van der Waals surface area contributed by atoms with Crippen LogP contribution in [0.15, 0.2) is 12.3 Å². The predicted octanol–water partition coefficient (Wildman–Crippen LogP) is 0.369. The van der Waals surface area contributed by atoms with Crippen molar-refractivity contribution in [2.45, 2.75) is 36.7 Å². The summed E-state index contributed by atoms with van der Waals surface area (Å²) in [5.74, 6) is 9.50. The molecule has 0 spiro atoms. The number of fused-ring (bicyclic) bond motifs is 1. The molecule has 1 fully saturated rings. The number of carbonyl (C=O) groups excluding carboxylic acids is 2. The highest BCUT2D eigenvalue weighted by atomic mass is 32.2. The Balaban J connectivity index is 1.65. The Hall–Kier alpha value is -2.86. The van der Waals surface area contributed by atoms with Crippen LogP contribution in [0.25, 0.3) is 0 Å². The second-order valence-corrected chi connectivity index (χ2v) is 10.9. The largest absolute Gasteiger partial charge is 0.328 e. The van der Waals surface area contributed by atoms with Gasteiger partial charge in [-0.05, 0) is 44.2 Å². The van der Waals surface area contributed by atoms with Crippen LogP contribution in [0.1, 0.15) is 31.0 Å². The van der Waals surface area contributed by atoms with Gasteiger partial charge in [0.15, 0.2) is 20.3 Å². The van der Waals surface area contributed by atoms with Crippen molar-refractivity contribution >= 4 is 21.8 Å². The van der Waals surface area contributed by atoms with Crippen molar-refractivity contribution in [3.63, 3.8) is 0 Å². The van der Waals surface area contributed by atoms with E-state index in [9.17, 15) is 22.4 Å². The number of hydrogen-bond donors (Lipinski definition) is 2. The molecule has 1 unspecified atom stereocenters. The van der Waals surface area contributed by atoms with E-state index in [0.29, 0.717) is 24.2 Å². The second kappa shape index (κ2) is 8.58. The van der Waals surface area contributed by atoms with Crippen molar-refractivity contribution in [3.05, 3.63) is 23.5 Å². The molecule has 0 aliphatic carbocycles. The second-order valence-electron chi connectivity index (χ2n) is 8.44. The van der Waals surface area contributed by atoms with Gasteiger partial charge in [-0.2, -0.15) is 0 Å². The molecule has 3 heterocycles. The van der Waals surface area contributed by atoms with E-state index in [0.717, 1.165) is 6.26 Å². The van der Waals surface area contributed by atoms with Crippen LogP contribution in [-0.4, -0.2) is 83.3 Å². The van der Waals surface area contributed by atoms with Gasteiger partial charge in [0.25, 0.3) is 5.91 Å². The molecule has 3 rings (SSSR count). The molecule has 32 heavy (non-hydrogen) atoms. The highest BCUT2D eigenvalue weighted by Crippen LogP contribution is 2.26. The molecule has 11 heteroatoms. The van der Waals surface area contributed by atoms with Gasteiger partial charge < -0.3 is 9.80 Å². The summed E-state index contributed by atoms with van der Waals surface area (Å²) in [6, 6.07) is 1.33. The maximum absolute atomic E-state index is 14.4. The average molecular weight is 465 g/mol. The minimum absolute atomic E-state index is 0.00296. The van der Waals surface area contributed by atoms with Crippen LogP contribution in [0.2, 0.25) is 0 Å². The molecule has 1 aromatic heterocycles. The number of halogens is 1. The van der Waals surface area contributed by atoms with E-state index < -0.39 is 26.2 Å². The highest BCUT2D eigenvalue weighted by molar-refractivity contribution is 7.92. The number of carbonyl (C=O) groups is 2. The van der Waals surface area contributed by atoms with Crippen molar-refractivity contribution in [2.24, 2.45) is 0 Å². The van der Waals surface area contributed by atoms with Gasteiger partial charge in [0.1, 0.15) is 0 Å². The lowest BCUT2D eigenvalue weighted by Gasteiger charge is -2.27. The first-order valence-corrected chi connectivity index (χ1v) is 11.8. The monoisotopic (exact) mass is 464 g/mol. The van der Waals surface area contributed by atoms with Gasteiger partial charge in [0, 0.05) is 49.8 Å². The average Bonchev–Trinajstić information content (AvgIpc) is 3.36. The Labute approximate surface area is 186 Å². The zero-order valence-corrected chi connectivity index (χ0v) is 18.9. The topological polar surface area (TPSA) is 112 Å². The van der Waals surface area contributed by atoms with Crippen LogP contribution in [0.3, 0.4) is 0 Å². The molecule has 1 saturated heterocycles. The minimum atomic E-state index is -3.85. The van der Waals surface area contributed by atoms with Gasteiger partial charge in [-0.25, -0.2) is 23.1 Å². The zero-order chi connectivity index (χ0) is 23.7. The minimum Gasteiger partial charge on any atom is -0.318 e. The summed E-state index contributed by atoms with van der Waals surface area (Å²) in [5.41, 5.74) is 1.05. The molecule has 1 aromatic rings. The first-order chi connectivity index (χ1) is 14.9. The molecular formula is C21H25FN4O5S. The molecule has 2 amide bonds.